The van der Waals surface area contributed by atoms with Crippen molar-refractivity contribution >= 4 is 5.91 Å². The quantitative estimate of drug-likeness (QED) is 0.227. The largest absolute Gasteiger partial charge is 0.490 e. The topological polar surface area (TPSA) is 56.8 Å². The van der Waals surface area contributed by atoms with Crippen molar-refractivity contribution in [2.24, 2.45) is 0 Å². The van der Waals surface area contributed by atoms with Gasteiger partial charge in [-0.25, -0.2) is 0 Å². The molecule has 40 heavy (non-hydrogen) atoms. The zero-order chi connectivity index (χ0) is 29.0. The van der Waals surface area contributed by atoms with Crippen LogP contribution in [-0.2, 0) is 4.74 Å². The van der Waals surface area contributed by atoms with Crippen LogP contribution in [0.25, 0.3) is 0 Å². The molecule has 0 radical (unpaired) electrons. The summed E-state index contributed by atoms with van der Waals surface area (Å²) in [4.78, 5) is 13.3. The molecule has 1 aromatic rings. The Morgan fingerprint density at radius 2 is 1.45 bits per heavy atom. The van der Waals surface area contributed by atoms with Crippen molar-refractivity contribution in [1.82, 2.24) is 5.32 Å². The summed E-state index contributed by atoms with van der Waals surface area (Å²) in [5.74, 6) is 0.851. The third-order valence-corrected chi connectivity index (χ3v) is 7.78. The fourth-order valence-corrected chi connectivity index (χ4v) is 5.39. The predicted molar refractivity (Wildman–Crippen MR) is 159 cm³/mol. The van der Waals surface area contributed by atoms with Crippen LogP contribution in [-0.4, -0.2) is 37.4 Å². The molecule has 0 bridgehead atoms. The Morgan fingerprint density at radius 1 is 0.875 bits per heavy atom. The van der Waals surface area contributed by atoms with E-state index in [4.69, 9.17) is 9.47 Å². The van der Waals surface area contributed by atoms with Gasteiger partial charge in [0.15, 0.2) is 0 Å². The second-order valence-electron chi connectivity index (χ2n) is 11.5. The number of rotatable bonds is 14. The van der Waals surface area contributed by atoms with Gasteiger partial charge in [-0.3, -0.25) is 4.79 Å². The van der Waals surface area contributed by atoms with Crippen molar-refractivity contribution in [2.75, 3.05) is 6.61 Å². The molecule has 1 fully saturated rings. The highest BCUT2D eigenvalue weighted by Gasteiger charge is 2.18. The molecule has 230 valence electrons. The van der Waals surface area contributed by atoms with Crippen molar-refractivity contribution in [1.29, 1.82) is 0 Å². The number of carbonyl (C=O) groups excluding carboxylic acids is 1. The molecule has 1 amide bonds. The van der Waals surface area contributed by atoms with Crippen molar-refractivity contribution in [3.63, 3.8) is 0 Å². The first-order chi connectivity index (χ1) is 19.4. The van der Waals surface area contributed by atoms with Gasteiger partial charge in [-0.1, -0.05) is 90.9 Å². The number of amides is 1. The lowest BCUT2D eigenvalue weighted by Crippen LogP contribution is -2.34. The lowest BCUT2D eigenvalue weighted by atomic mass is 9.99. The van der Waals surface area contributed by atoms with E-state index in [1.54, 1.807) is 25.1 Å². The molecule has 2 atom stereocenters. The minimum Gasteiger partial charge on any atom is -0.490 e. The van der Waals surface area contributed by atoms with Gasteiger partial charge < -0.3 is 19.5 Å². The highest BCUT2D eigenvalue weighted by molar-refractivity contribution is 5.95. The van der Waals surface area contributed by atoms with Crippen LogP contribution in [0.15, 0.2) is 18.2 Å². The van der Waals surface area contributed by atoms with Gasteiger partial charge in [-0.15, -0.1) is 0 Å². The predicted octanol–water partition coefficient (Wildman–Crippen LogP) is 9.61. The maximum atomic E-state index is 13.3. The van der Waals surface area contributed by atoms with Crippen LogP contribution < -0.4 is 14.8 Å². The Balaban J connectivity index is 2.17. The van der Waals surface area contributed by atoms with E-state index in [0.29, 0.717) is 17.1 Å². The summed E-state index contributed by atoms with van der Waals surface area (Å²) in [6.07, 6.45) is 20.5. The van der Waals surface area contributed by atoms with Gasteiger partial charge in [0.1, 0.15) is 17.6 Å². The van der Waals surface area contributed by atoms with Crippen molar-refractivity contribution in [2.45, 2.75) is 161 Å². The lowest BCUT2D eigenvalue weighted by Gasteiger charge is -2.22. The monoisotopic (exact) mass is 567 g/mol. The van der Waals surface area contributed by atoms with E-state index >= 15 is 0 Å². The molecule has 0 saturated heterocycles. The maximum Gasteiger partial charge on any atom is 0.345 e. The first kappa shape index (κ1) is 34.3. The number of hydrogen-bond acceptors (Lipinski definition) is 4. The fourth-order valence-electron chi connectivity index (χ4n) is 5.39. The number of hydrogen-bond donors (Lipinski definition) is 1. The Bertz CT molecular complexity index is 793. The molecule has 0 aromatic heterocycles. The summed E-state index contributed by atoms with van der Waals surface area (Å²) >= 11 is 0. The molecule has 2 rings (SSSR count). The first-order valence-corrected chi connectivity index (χ1v) is 16.1. The van der Waals surface area contributed by atoms with Gasteiger partial charge in [0.2, 0.25) is 0 Å². The number of carbonyl (C=O) groups is 1. The number of benzene rings is 1. The second kappa shape index (κ2) is 20.9. The summed E-state index contributed by atoms with van der Waals surface area (Å²) < 4.78 is 42.0. The molecule has 1 unspecified atom stereocenters. The van der Waals surface area contributed by atoms with E-state index in [1.807, 2.05) is 0 Å². The standard InChI is InChI=1S/C33H55F2NO4/c1-4-6-16-19-28(5-2)36-32(37)27-22-30(39-26(3)25-38-33(34)35)24-31(23-27)40-29-20-17-14-12-10-8-7-9-11-13-15-18-21-29/h22-24,26,28-29,33H,4-21,25H2,1-3H3,(H,36,37)/t26-,28?/m0/s1. The van der Waals surface area contributed by atoms with E-state index < -0.39 is 12.7 Å². The molecule has 0 heterocycles. The highest BCUT2D eigenvalue weighted by atomic mass is 19.3. The summed E-state index contributed by atoms with van der Waals surface area (Å²) in [5.41, 5.74) is 0.462. The van der Waals surface area contributed by atoms with Crippen LogP contribution in [0.3, 0.4) is 0 Å². The van der Waals surface area contributed by atoms with Crippen LogP contribution in [0.4, 0.5) is 8.78 Å². The van der Waals surface area contributed by atoms with E-state index in [0.717, 1.165) is 57.8 Å². The van der Waals surface area contributed by atoms with Crippen molar-refractivity contribution < 1.29 is 27.8 Å². The van der Waals surface area contributed by atoms with E-state index in [1.165, 1.54) is 57.8 Å². The average Bonchev–Trinajstić information content (AvgIpc) is 2.93. The molecule has 0 spiro atoms. The smallest absolute Gasteiger partial charge is 0.345 e. The Morgan fingerprint density at radius 3 is 2.00 bits per heavy atom. The van der Waals surface area contributed by atoms with Crippen molar-refractivity contribution in [3.05, 3.63) is 23.8 Å². The third kappa shape index (κ3) is 15.2. The third-order valence-electron chi connectivity index (χ3n) is 7.78. The number of halogens is 2. The molecule has 1 aliphatic rings. The summed E-state index contributed by atoms with van der Waals surface area (Å²) in [7, 11) is 0. The van der Waals surface area contributed by atoms with E-state index in [2.05, 4.69) is 23.9 Å². The molecule has 0 aliphatic heterocycles. The van der Waals surface area contributed by atoms with Crippen LogP contribution in [0.2, 0.25) is 0 Å². The summed E-state index contributed by atoms with van der Waals surface area (Å²) in [6, 6.07) is 5.35. The van der Waals surface area contributed by atoms with E-state index in [9.17, 15) is 13.6 Å². The lowest BCUT2D eigenvalue weighted by molar-refractivity contribution is -0.142. The van der Waals surface area contributed by atoms with Gasteiger partial charge in [-0.05, 0) is 57.6 Å². The van der Waals surface area contributed by atoms with Gasteiger partial charge in [0.05, 0.1) is 12.7 Å². The molecular formula is C33H55F2NO4. The summed E-state index contributed by atoms with van der Waals surface area (Å²) in [6.45, 7) is 2.83. The van der Waals surface area contributed by atoms with Gasteiger partial charge in [0.25, 0.3) is 5.91 Å². The first-order valence-electron chi connectivity index (χ1n) is 16.1. The molecule has 1 aliphatic carbocycles. The Kier molecular flexibility index (Phi) is 17.9. The molecular weight excluding hydrogens is 512 g/mol. The second-order valence-corrected chi connectivity index (χ2v) is 11.5. The van der Waals surface area contributed by atoms with Crippen LogP contribution in [0, 0.1) is 0 Å². The SMILES string of the molecule is CCCCCC(CC)NC(=O)c1cc(OC2CCCCCCCCCCCCC2)cc(O[C@@H](C)COC(F)F)c1. The minimum absolute atomic E-state index is 0.0751. The Hall–Kier alpha value is -1.89. The molecule has 7 heteroatoms. The highest BCUT2D eigenvalue weighted by Crippen LogP contribution is 2.28. The van der Waals surface area contributed by atoms with Crippen molar-refractivity contribution in [3.8, 4) is 11.5 Å². The van der Waals surface area contributed by atoms with E-state index in [-0.39, 0.29) is 24.7 Å². The average molecular weight is 568 g/mol. The van der Waals surface area contributed by atoms with Gasteiger partial charge >= 0.3 is 6.61 Å². The number of unbranched alkanes of at least 4 members (excludes halogenated alkanes) is 2. The summed E-state index contributed by atoms with van der Waals surface area (Å²) in [5, 5.41) is 3.18. The molecule has 1 saturated carbocycles. The fraction of sp³-hybridized carbons (Fsp3) is 0.788. The molecule has 1 N–H and O–H groups in total. The minimum atomic E-state index is -2.85. The Labute approximate surface area is 242 Å². The normalized spacial score (nSPS) is 18.1. The van der Waals surface area contributed by atoms with Crippen LogP contribution in [0.1, 0.15) is 147 Å². The van der Waals surface area contributed by atoms with Crippen LogP contribution in [0.5, 0.6) is 11.5 Å². The number of ether oxygens (including phenoxy) is 3. The molecule has 1 aromatic carbocycles. The molecule has 5 nitrogen and oxygen atoms in total. The van der Waals surface area contributed by atoms with Crippen LogP contribution >= 0.6 is 0 Å². The van der Waals surface area contributed by atoms with Gasteiger partial charge in [0, 0.05) is 17.7 Å². The van der Waals surface area contributed by atoms with Gasteiger partial charge in [-0.2, -0.15) is 8.78 Å². The maximum absolute atomic E-state index is 13.3. The number of alkyl halides is 2. The zero-order valence-corrected chi connectivity index (χ0v) is 25.4. The number of nitrogens with one attached hydrogen (secondary N) is 1. The zero-order valence-electron chi connectivity index (χ0n) is 25.4.